The molecule has 2 heterocycles. The van der Waals surface area contributed by atoms with Crippen molar-refractivity contribution in [2.45, 2.75) is 13.3 Å². The van der Waals surface area contributed by atoms with Gasteiger partial charge in [-0.2, -0.15) is 0 Å². The molecular weight excluding hydrogens is 384 g/mol. The number of aromatic nitrogens is 6. The second kappa shape index (κ2) is 10.7. The Labute approximate surface area is 174 Å². The van der Waals surface area contributed by atoms with Crippen molar-refractivity contribution in [2.24, 2.45) is 0 Å². The van der Waals surface area contributed by atoms with Gasteiger partial charge in [-0.15, -0.1) is 10.2 Å². The first kappa shape index (κ1) is 21.8. The van der Waals surface area contributed by atoms with Crippen LogP contribution in [-0.2, 0) is 13.3 Å². The van der Waals surface area contributed by atoms with Crippen molar-refractivity contribution in [1.29, 1.82) is 0 Å². The lowest BCUT2D eigenvalue weighted by molar-refractivity contribution is 0.130. The fourth-order valence-electron chi connectivity index (χ4n) is 3.04. The SMILES string of the molecule is CN(C)Cn1nnc2ccccc21.OCCN(CCO)Cn1nnc2ccccc21. The third-order valence-electron chi connectivity index (χ3n) is 4.42. The first-order valence-corrected chi connectivity index (χ1v) is 9.77. The molecule has 0 amide bonds. The lowest BCUT2D eigenvalue weighted by Gasteiger charge is -2.19. The van der Waals surface area contributed by atoms with Gasteiger partial charge in [0.05, 0.1) is 37.6 Å². The van der Waals surface area contributed by atoms with E-state index in [4.69, 9.17) is 10.2 Å². The van der Waals surface area contributed by atoms with Crippen LogP contribution in [0.15, 0.2) is 48.5 Å². The molecule has 0 fully saturated rings. The molecule has 0 bridgehead atoms. The molecule has 0 saturated carbocycles. The maximum Gasteiger partial charge on any atom is 0.113 e. The molecule has 0 aliphatic heterocycles. The molecule has 10 heteroatoms. The smallest absolute Gasteiger partial charge is 0.113 e. The van der Waals surface area contributed by atoms with Crippen LogP contribution in [-0.4, -0.2) is 90.4 Å². The van der Waals surface area contributed by atoms with Crippen LogP contribution in [0.4, 0.5) is 0 Å². The van der Waals surface area contributed by atoms with E-state index >= 15 is 0 Å². The topological polar surface area (TPSA) is 108 Å². The summed E-state index contributed by atoms with van der Waals surface area (Å²) in [7, 11) is 4.02. The summed E-state index contributed by atoms with van der Waals surface area (Å²) in [5.41, 5.74) is 3.83. The molecule has 0 saturated heterocycles. The molecule has 0 unspecified atom stereocenters. The summed E-state index contributed by atoms with van der Waals surface area (Å²) in [5, 5.41) is 34.1. The Bertz CT molecular complexity index is 1040. The van der Waals surface area contributed by atoms with Gasteiger partial charge in [0.15, 0.2) is 0 Å². The molecule has 0 atom stereocenters. The summed E-state index contributed by atoms with van der Waals surface area (Å²) in [6.07, 6.45) is 0. The Morgan fingerprint density at radius 2 is 1.20 bits per heavy atom. The van der Waals surface area contributed by atoms with E-state index in [2.05, 4.69) is 25.5 Å². The molecule has 2 N–H and O–H groups in total. The Morgan fingerprint density at radius 1 is 0.733 bits per heavy atom. The summed E-state index contributed by atoms with van der Waals surface area (Å²) in [6, 6.07) is 15.7. The number of aliphatic hydroxyl groups excluding tert-OH is 2. The highest BCUT2D eigenvalue weighted by Crippen LogP contribution is 2.10. The van der Waals surface area contributed by atoms with E-state index in [0.29, 0.717) is 19.8 Å². The summed E-state index contributed by atoms with van der Waals surface area (Å²) in [4.78, 5) is 3.97. The van der Waals surface area contributed by atoms with E-state index in [9.17, 15) is 0 Å². The van der Waals surface area contributed by atoms with Crippen LogP contribution in [0.25, 0.3) is 22.1 Å². The van der Waals surface area contributed by atoms with E-state index < -0.39 is 0 Å². The molecule has 30 heavy (non-hydrogen) atoms. The van der Waals surface area contributed by atoms with Gasteiger partial charge < -0.3 is 10.2 Å². The third kappa shape index (κ3) is 5.57. The number of fused-ring (bicyclic) bond motifs is 2. The predicted molar refractivity (Wildman–Crippen MR) is 114 cm³/mol. The summed E-state index contributed by atoms with van der Waals surface area (Å²) >= 11 is 0. The highest BCUT2D eigenvalue weighted by molar-refractivity contribution is 5.74. The summed E-state index contributed by atoms with van der Waals surface area (Å²) < 4.78 is 3.65. The summed E-state index contributed by atoms with van der Waals surface area (Å²) in [5.74, 6) is 0. The zero-order chi connectivity index (χ0) is 21.3. The molecule has 0 spiro atoms. The Hall–Kier alpha value is -2.92. The molecule has 0 aliphatic carbocycles. The van der Waals surface area contributed by atoms with Gasteiger partial charge in [0.25, 0.3) is 0 Å². The number of rotatable bonds is 8. The van der Waals surface area contributed by atoms with Crippen molar-refractivity contribution in [2.75, 3.05) is 40.4 Å². The van der Waals surface area contributed by atoms with E-state index in [-0.39, 0.29) is 13.2 Å². The van der Waals surface area contributed by atoms with Gasteiger partial charge in [-0.05, 0) is 38.4 Å². The van der Waals surface area contributed by atoms with Gasteiger partial charge in [0.1, 0.15) is 11.0 Å². The van der Waals surface area contributed by atoms with Crippen LogP contribution < -0.4 is 0 Å². The van der Waals surface area contributed by atoms with E-state index in [0.717, 1.165) is 28.7 Å². The molecule has 4 rings (SSSR count). The van der Waals surface area contributed by atoms with Crippen molar-refractivity contribution in [3.8, 4) is 0 Å². The van der Waals surface area contributed by atoms with E-state index in [1.54, 1.807) is 4.68 Å². The van der Waals surface area contributed by atoms with Crippen molar-refractivity contribution < 1.29 is 10.2 Å². The highest BCUT2D eigenvalue weighted by atomic mass is 16.3. The molecule has 0 aliphatic rings. The monoisotopic (exact) mass is 412 g/mol. The number of hydrogen-bond donors (Lipinski definition) is 2. The summed E-state index contributed by atoms with van der Waals surface area (Å²) in [6.45, 7) is 2.42. The lowest BCUT2D eigenvalue weighted by atomic mass is 10.3. The number of nitrogens with zero attached hydrogens (tertiary/aromatic N) is 8. The Balaban J connectivity index is 0.000000177. The highest BCUT2D eigenvalue weighted by Gasteiger charge is 2.08. The van der Waals surface area contributed by atoms with Crippen LogP contribution in [0.5, 0.6) is 0 Å². The van der Waals surface area contributed by atoms with Gasteiger partial charge in [0, 0.05) is 13.1 Å². The van der Waals surface area contributed by atoms with Crippen LogP contribution in [0.3, 0.4) is 0 Å². The number of hydrogen-bond acceptors (Lipinski definition) is 8. The van der Waals surface area contributed by atoms with Crippen molar-refractivity contribution in [3.05, 3.63) is 48.5 Å². The number of benzene rings is 2. The minimum Gasteiger partial charge on any atom is -0.395 e. The first-order valence-electron chi connectivity index (χ1n) is 9.77. The van der Waals surface area contributed by atoms with Crippen LogP contribution in [0.2, 0.25) is 0 Å². The van der Waals surface area contributed by atoms with Gasteiger partial charge >= 0.3 is 0 Å². The average Bonchev–Trinajstić information content (AvgIpc) is 3.33. The quantitative estimate of drug-likeness (QED) is 0.434. The molecule has 2 aromatic carbocycles. The molecular formula is C20H28N8O2. The van der Waals surface area contributed by atoms with Crippen molar-refractivity contribution >= 4 is 22.1 Å². The second-order valence-electron chi connectivity index (χ2n) is 7.08. The zero-order valence-electron chi connectivity index (χ0n) is 17.3. The molecule has 10 nitrogen and oxygen atoms in total. The second-order valence-corrected chi connectivity index (χ2v) is 7.08. The van der Waals surface area contributed by atoms with E-state index in [1.165, 1.54) is 0 Å². The van der Waals surface area contributed by atoms with Gasteiger partial charge in [-0.3, -0.25) is 9.80 Å². The number of aliphatic hydroxyl groups is 2. The van der Waals surface area contributed by atoms with Crippen LogP contribution in [0, 0.1) is 0 Å². The van der Waals surface area contributed by atoms with Crippen LogP contribution in [0.1, 0.15) is 0 Å². The molecule has 2 aromatic heterocycles. The van der Waals surface area contributed by atoms with Crippen LogP contribution >= 0.6 is 0 Å². The normalized spacial score (nSPS) is 11.4. The van der Waals surface area contributed by atoms with Crippen molar-refractivity contribution in [1.82, 2.24) is 39.8 Å². The number of para-hydroxylation sites is 2. The van der Waals surface area contributed by atoms with Gasteiger partial charge in [-0.1, -0.05) is 34.7 Å². The first-order chi connectivity index (χ1) is 14.6. The van der Waals surface area contributed by atoms with E-state index in [1.807, 2.05) is 72.2 Å². The largest absolute Gasteiger partial charge is 0.395 e. The zero-order valence-corrected chi connectivity index (χ0v) is 17.3. The fourth-order valence-corrected chi connectivity index (χ4v) is 3.04. The molecule has 0 radical (unpaired) electrons. The van der Waals surface area contributed by atoms with Gasteiger partial charge in [-0.25, -0.2) is 9.36 Å². The standard InChI is InChI=1S/C11H16N4O2.C9H12N4/c16-7-5-14(6-8-17)9-15-11-4-2-1-3-10(11)12-13-15;1-12(2)7-13-9-6-4-3-5-8(9)10-11-13/h1-4,16-17H,5-9H2;3-6H,7H2,1-2H3. The molecule has 4 aromatic rings. The maximum absolute atomic E-state index is 8.94. The van der Waals surface area contributed by atoms with Gasteiger partial charge in [0.2, 0.25) is 0 Å². The minimum atomic E-state index is 0.0621. The fraction of sp³-hybridized carbons (Fsp3) is 0.400. The lowest BCUT2D eigenvalue weighted by Crippen LogP contribution is -2.32. The Morgan fingerprint density at radius 3 is 1.67 bits per heavy atom. The maximum atomic E-state index is 8.94. The molecule has 160 valence electrons. The van der Waals surface area contributed by atoms with Crippen molar-refractivity contribution in [3.63, 3.8) is 0 Å². The average molecular weight is 412 g/mol. The Kier molecular flexibility index (Phi) is 7.80. The predicted octanol–water partition coefficient (Wildman–Crippen LogP) is 0.626. The third-order valence-corrected chi connectivity index (χ3v) is 4.42. The minimum absolute atomic E-state index is 0.0621.